The van der Waals surface area contributed by atoms with Crippen LogP contribution in [-0.2, 0) is 102 Å². The zero-order chi connectivity index (χ0) is 107. The largest absolute Gasteiger partial charge is 0.383 e. The molecule has 30 heteroatoms. The molecule has 9 aromatic rings. The van der Waals surface area contributed by atoms with E-state index in [0.29, 0.717) is 62.5 Å². The number of rotatable bonds is 38. The maximum absolute atomic E-state index is 14.0. The molecule has 6 N–H and O–H groups in total. The van der Waals surface area contributed by atoms with Crippen LogP contribution in [0.3, 0.4) is 0 Å². The second-order valence-electron chi connectivity index (χ2n) is 38.3. The smallest absolute Gasteiger partial charge is 0.263 e. The van der Waals surface area contributed by atoms with Gasteiger partial charge in [-0.15, -0.1) is 0 Å². The first-order valence-electron chi connectivity index (χ1n) is 51.1. The maximum Gasteiger partial charge on any atom is 0.263 e. The fourth-order valence-electron chi connectivity index (χ4n) is 17.5. The predicted molar refractivity (Wildman–Crippen MR) is 562 cm³/mol. The zero-order valence-corrected chi connectivity index (χ0v) is 89.5. The number of pyridine rings is 6. The van der Waals surface area contributed by atoms with E-state index in [0.717, 1.165) is 175 Å². The van der Waals surface area contributed by atoms with Crippen LogP contribution < -0.4 is 65.3 Å². The van der Waals surface area contributed by atoms with Crippen LogP contribution in [0.25, 0.3) is 0 Å². The van der Waals surface area contributed by atoms with E-state index in [4.69, 9.17) is 4.74 Å². The molecule has 784 valence electrons. The van der Waals surface area contributed by atoms with E-state index in [1.165, 1.54) is 65.5 Å². The van der Waals surface area contributed by atoms with E-state index in [1.54, 1.807) is 72.6 Å². The second-order valence-corrected chi connectivity index (χ2v) is 38.3. The molecule has 0 spiro atoms. The number of benzene rings is 3. The van der Waals surface area contributed by atoms with Crippen LogP contribution in [0.2, 0.25) is 0 Å². The van der Waals surface area contributed by atoms with Crippen LogP contribution in [0.15, 0.2) is 126 Å². The zero-order valence-electron chi connectivity index (χ0n) is 89.5. The Labute approximate surface area is 841 Å². The lowest BCUT2D eigenvalue weighted by molar-refractivity contribution is 0.0931. The Balaban J connectivity index is 0.000000303. The summed E-state index contributed by atoms with van der Waals surface area (Å²) in [5.74, 6) is -5.12. The molecule has 0 radical (unpaired) electrons. The third-order valence-electron chi connectivity index (χ3n) is 24.3. The average molecular weight is 1990 g/mol. The molecule has 6 amide bonds. The summed E-state index contributed by atoms with van der Waals surface area (Å²) in [7, 11) is 1.61. The SMILES string of the molecule is CCCCn1c(CCC)c(CC)cc(C(=O)NC(C)C)c1=O.CCCc1c(CC)cc(C(=O)NC(C)C)c(=O)n1CC1CCCCC1.CCCc1c(CC)cc(C(=O)NC(C)C)c(=O)n1CCOC.CCc1c(C)cc(C(=O)NC(C)C)c(=O)n1Cc1ccc(F)c(F)c1.CCc1c(C)cc(C(=O)NC(C)C)c(=O)n1Cc1ccc(F)cc1.CCc1c(C)cc(C(=O)NC(C)C)c(=O)n1Cc1ccc(F)cc1F. The van der Waals surface area contributed by atoms with Gasteiger partial charge in [0.2, 0.25) is 0 Å². The number of halogens is 5. The normalized spacial score (nSPS) is 11.8. The van der Waals surface area contributed by atoms with E-state index >= 15 is 0 Å². The van der Waals surface area contributed by atoms with Crippen molar-refractivity contribution in [3.8, 4) is 0 Å². The lowest BCUT2D eigenvalue weighted by Gasteiger charge is -2.26. The molecule has 3 aromatic carbocycles. The van der Waals surface area contributed by atoms with Crippen molar-refractivity contribution in [3.63, 3.8) is 0 Å². The van der Waals surface area contributed by atoms with Gasteiger partial charge in [-0.25, -0.2) is 22.0 Å². The van der Waals surface area contributed by atoms with Crippen LogP contribution in [0.1, 0.15) is 363 Å². The Kier molecular flexibility index (Phi) is 50.7. The number of unbranched alkanes of at least 4 members (excludes halogenated alkanes) is 1. The first-order chi connectivity index (χ1) is 67.7. The van der Waals surface area contributed by atoms with Gasteiger partial charge in [0.1, 0.15) is 50.8 Å². The molecule has 1 aliphatic carbocycles. The molecule has 1 saturated carbocycles. The van der Waals surface area contributed by atoms with Crippen LogP contribution >= 0.6 is 0 Å². The van der Waals surface area contributed by atoms with Crippen molar-refractivity contribution < 1.29 is 55.5 Å². The number of carbonyl (C=O) groups is 6. The van der Waals surface area contributed by atoms with Crippen molar-refractivity contribution in [2.75, 3.05) is 13.7 Å². The van der Waals surface area contributed by atoms with Crippen molar-refractivity contribution in [2.24, 2.45) is 5.92 Å². The number of hydrogen-bond donors (Lipinski definition) is 6. The van der Waals surface area contributed by atoms with Gasteiger partial charge >= 0.3 is 0 Å². The number of carbonyl (C=O) groups excluding carboxylic acids is 6. The van der Waals surface area contributed by atoms with Gasteiger partial charge in [-0.1, -0.05) is 138 Å². The molecular weight excluding hydrogens is 1830 g/mol. The molecule has 1 fully saturated rings. The number of nitrogens with one attached hydrogen (secondary N) is 6. The quantitative estimate of drug-likeness (QED) is 0.0196. The maximum atomic E-state index is 14.0. The molecule has 0 bridgehead atoms. The summed E-state index contributed by atoms with van der Waals surface area (Å²) < 4.78 is 81.8. The van der Waals surface area contributed by atoms with Gasteiger partial charge in [0.25, 0.3) is 68.8 Å². The minimum Gasteiger partial charge on any atom is -0.383 e. The van der Waals surface area contributed by atoms with Crippen LogP contribution in [0.5, 0.6) is 0 Å². The van der Waals surface area contributed by atoms with Crippen LogP contribution in [-0.4, -0.2) is 113 Å². The first kappa shape index (κ1) is 121. The molecule has 6 aromatic heterocycles. The second kappa shape index (κ2) is 59.8. The van der Waals surface area contributed by atoms with Gasteiger partial charge in [-0.2, -0.15) is 0 Å². The number of nitrogens with zero attached hydrogens (tertiary/aromatic N) is 6. The van der Waals surface area contributed by atoms with Crippen LogP contribution in [0.4, 0.5) is 22.0 Å². The fraction of sp³-hybridized carbons (Fsp3) is 0.522. The minimum atomic E-state index is -0.964. The monoisotopic (exact) mass is 1990 g/mol. The number of methoxy groups -OCH3 is 1. The Morgan fingerprint density at radius 3 is 0.958 bits per heavy atom. The topological polar surface area (TPSA) is 316 Å². The third-order valence-corrected chi connectivity index (χ3v) is 24.3. The van der Waals surface area contributed by atoms with Crippen molar-refractivity contribution in [1.82, 2.24) is 59.3 Å². The lowest BCUT2D eigenvalue weighted by atomic mass is 9.89. The summed E-state index contributed by atoms with van der Waals surface area (Å²) >= 11 is 0. The first-order valence-corrected chi connectivity index (χ1v) is 51.1. The predicted octanol–water partition coefficient (Wildman–Crippen LogP) is 18.9. The molecule has 0 unspecified atom stereocenters. The Hall–Kier alpha value is -12.2. The minimum absolute atomic E-state index is 0.000259. The van der Waals surface area contributed by atoms with E-state index in [-0.39, 0.29) is 134 Å². The molecule has 25 nitrogen and oxygen atoms in total. The van der Waals surface area contributed by atoms with Gasteiger partial charge in [-0.3, -0.25) is 57.5 Å². The summed E-state index contributed by atoms with van der Waals surface area (Å²) in [6.07, 6.45) is 18.1. The van der Waals surface area contributed by atoms with Gasteiger partial charge < -0.3 is 64.0 Å². The van der Waals surface area contributed by atoms with Crippen molar-refractivity contribution >= 4 is 35.4 Å². The number of amides is 6. The fourth-order valence-corrected chi connectivity index (χ4v) is 17.5. The van der Waals surface area contributed by atoms with E-state index in [9.17, 15) is 79.5 Å². The average Bonchev–Trinajstić information content (AvgIpc) is 0.773. The summed E-state index contributed by atoms with van der Waals surface area (Å²) in [5.41, 5.74) is 12.2. The highest BCUT2D eigenvalue weighted by Gasteiger charge is 2.28. The number of ether oxygens (including phenoxy) is 1. The molecule has 6 heterocycles. The molecule has 143 heavy (non-hydrogen) atoms. The summed E-state index contributed by atoms with van der Waals surface area (Å²) in [6.45, 7) is 51.0. The standard InChI is InChI=1S/C21H34N2O2.2C19H22F2N2O2.C19H23FN2O2.C18H30N2O2.C17H28N2O3/c1-5-10-19-17(6-2)13-18(20(24)22-15(3)4)21(25)23(19)14-16-11-8-7-9-12-16;1-5-17-12(4)8-15(18(24)22-11(2)3)19(25)23(17)10-13-6-7-14(20)9-16(13)21;1-5-17-12(4)8-14(18(24)22-11(2)3)19(25)23(17)10-13-6-7-15(20)16(21)9-13;1-5-17-13(4)10-16(18(23)21-12(2)3)19(24)22(17)11-14-6-8-15(20)9-7-14;1-6-9-11-20-16(10-7-2)14(8-3)12-15(18(20)22)17(21)19-13(4)5;1-6-8-15-13(7-2)11-14(16(20)18-12(3)4)17(21)19(15)9-10-22-5/h13,15-16H,5-12,14H2,1-4H3,(H,22,24);2*6-9,11H,5,10H2,1-4H3,(H,22,24);6-10,12H,5,11H2,1-4H3,(H,21,23);12-13H,6-11H2,1-5H3,(H,19,21);11-12H,6-10H2,1-5H3,(H,18,20). The van der Waals surface area contributed by atoms with E-state index in [1.807, 2.05) is 133 Å². The Morgan fingerprint density at radius 2 is 0.636 bits per heavy atom. The Morgan fingerprint density at radius 1 is 0.322 bits per heavy atom. The van der Waals surface area contributed by atoms with Gasteiger partial charge in [0.15, 0.2) is 11.6 Å². The molecular formula is C113H159F5N12O13. The molecule has 0 aliphatic heterocycles. The van der Waals surface area contributed by atoms with Gasteiger partial charge in [0, 0.05) is 109 Å². The number of hydrogen-bond acceptors (Lipinski definition) is 13. The molecule has 10 rings (SSSR count). The highest BCUT2D eigenvalue weighted by Crippen LogP contribution is 2.28. The lowest BCUT2D eigenvalue weighted by Crippen LogP contribution is -2.38. The van der Waals surface area contributed by atoms with Crippen molar-refractivity contribution in [2.45, 2.75) is 371 Å². The molecule has 0 saturated heterocycles. The van der Waals surface area contributed by atoms with Crippen molar-refractivity contribution in [1.29, 1.82) is 0 Å². The van der Waals surface area contributed by atoms with Crippen LogP contribution in [0, 0.1) is 55.8 Å². The number of aryl methyl sites for hydroxylation is 6. The van der Waals surface area contributed by atoms with E-state index in [2.05, 4.69) is 73.4 Å². The molecule has 0 atom stereocenters. The van der Waals surface area contributed by atoms with E-state index < -0.39 is 46.2 Å². The third kappa shape index (κ3) is 35.4. The summed E-state index contributed by atoms with van der Waals surface area (Å²) in [5, 5.41) is 16.7. The van der Waals surface area contributed by atoms with Gasteiger partial charge in [0.05, 0.1) is 26.2 Å². The Bertz CT molecular complexity index is 6070. The van der Waals surface area contributed by atoms with Crippen molar-refractivity contribution in [3.05, 3.63) is 306 Å². The molecule has 1 aliphatic rings. The highest BCUT2D eigenvalue weighted by molar-refractivity contribution is 5.97. The van der Waals surface area contributed by atoms with Gasteiger partial charge in [-0.05, 0) is 298 Å². The summed E-state index contributed by atoms with van der Waals surface area (Å²) in [4.78, 5) is 151. The number of aromatic nitrogens is 6. The highest BCUT2D eigenvalue weighted by atomic mass is 19.2. The summed E-state index contributed by atoms with van der Waals surface area (Å²) in [6, 6.07) is 22.8.